The molecular formula is C21H19F3N6O2. The van der Waals surface area contributed by atoms with Crippen molar-refractivity contribution in [3.05, 3.63) is 65.1 Å². The molecule has 1 aromatic carbocycles. The van der Waals surface area contributed by atoms with Gasteiger partial charge in [-0.25, -0.2) is 4.98 Å². The highest BCUT2D eigenvalue weighted by Crippen LogP contribution is 2.35. The lowest BCUT2D eigenvalue weighted by Gasteiger charge is -2.32. The van der Waals surface area contributed by atoms with Gasteiger partial charge in [0.2, 0.25) is 0 Å². The SMILES string of the molecule is Cc1cc(N2C[C@H](C)n3ncc(NC(=O)c4ccc(N)nc4)c3C2=O)ccc1C(F)(F)F. The van der Waals surface area contributed by atoms with Gasteiger partial charge in [0, 0.05) is 18.4 Å². The van der Waals surface area contributed by atoms with Gasteiger partial charge in [-0.15, -0.1) is 0 Å². The van der Waals surface area contributed by atoms with Crippen LogP contribution in [0.1, 0.15) is 44.9 Å². The van der Waals surface area contributed by atoms with Gasteiger partial charge in [-0.1, -0.05) is 0 Å². The minimum absolute atomic E-state index is 0.0129. The maximum Gasteiger partial charge on any atom is 0.416 e. The number of carbonyl (C=O) groups excluding carboxylic acids is 2. The van der Waals surface area contributed by atoms with Gasteiger partial charge in [-0.05, 0) is 49.7 Å². The predicted molar refractivity (Wildman–Crippen MR) is 111 cm³/mol. The van der Waals surface area contributed by atoms with Crippen LogP contribution in [0, 0.1) is 6.92 Å². The van der Waals surface area contributed by atoms with Crippen molar-refractivity contribution in [3.63, 3.8) is 0 Å². The fourth-order valence-electron chi connectivity index (χ4n) is 3.64. The number of aromatic nitrogens is 3. The minimum atomic E-state index is -4.48. The molecule has 3 heterocycles. The average Bonchev–Trinajstić information content (AvgIpc) is 3.14. The van der Waals surface area contributed by atoms with Crippen molar-refractivity contribution in [2.75, 3.05) is 22.5 Å². The van der Waals surface area contributed by atoms with Gasteiger partial charge in [0.15, 0.2) is 5.69 Å². The molecule has 8 nitrogen and oxygen atoms in total. The van der Waals surface area contributed by atoms with Crippen molar-refractivity contribution < 1.29 is 22.8 Å². The Morgan fingerprint density at radius 3 is 2.59 bits per heavy atom. The van der Waals surface area contributed by atoms with Gasteiger partial charge in [-0.3, -0.25) is 14.3 Å². The highest BCUT2D eigenvalue weighted by atomic mass is 19.4. The zero-order chi connectivity index (χ0) is 23.2. The number of nitrogens with two attached hydrogens (primary N) is 1. The number of anilines is 3. The third-order valence-electron chi connectivity index (χ3n) is 5.23. The van der Waals surface area contributed by atoms with E-state index in [2.05, 4.69) is 15.4 Å². The minimum Gasteiger partial charge on any atom is -0.384 e. The molecule has 11 heteroatoms. The molecule has 0 fully saturated rings. The summed E-state index contributed by atoms with van der Waals surface area (Å²) < 4.78 is 40.8. The Balaban J connectivity index is 1.65. The Hall–Kier alpha value is -3.89. The van der Waals surface area contributed by atoms with E-state index >= 15 is 0 Å². The Morgan fingerprint density at radius 2 is 1.97 bits per heavy atom. The predicted octanol–water partition coefficient (Wildman–Crippen LogP) is 3.66. The van der Waals surface area contributed by atoms with Crippen molar-refractivity contribution in [2.24, 2.45) is 0 Å². The lowest BCUT2D eigenvalue weighted by Crippen LogP contribution is -2.43. The number of nitrogen functional groups attached to an aromatic ring is 1. The molecule has 4 rings (SSSR count). The topological polar surface area (TPSA) is 106 Å². The Bertz CT molecular complexity index is 1200. The van der Waals surface area contributed by atoms with Gasteiger partial charge in [-0.2, -0.15) is 18.3 Å². The highest BCUT2D eigenvalue weighted by molar-refractivity contribution is 6.13. The molecule has 0 bridgehead atoms. The molecule has 0 saturated carbocycles. The van der Waals surface area contributed by atoms with Crippen LogP contribution in [0.4, 0.5) is 30.4 Å². The number of pyridine rings is 1. The highest BCUT2D eigenvalue weighted by Gasteiger charge is 2.36. The van der Waals surface area contributed by atoms with E-state index in [0.717, 1.165) is 6.07 Å². The number of alkyl halides is 3. The Morgan fingerprint density at radius 1 is 1.22 bits per heavy atom. The molecule has 0 spiro atoms. The summed E-state index contributed by atoms with van der Waals surface area (Å²) in [4.78, 5) is 31.1. The van der Waals surface area contributed by atoms with E-state index in [-0.39, 0.29) is 40.9 Å². The normalized spacial score (nSPS) is 16.1. The number of halogens is 3. The van der Waals surface area contributed by atoms with Crippen LogP contribution in [0.2, 0.25) is 0 Å². The van der Waals surface area contributed by atoms with Crippen molar-refractivity contribution in [2.45, 2.75) is 26.1 Å². The second-order valence-electron chi connectivity index (χ2n) is 7.54. The molecular weight excluding hydrogens is 425 g/mol. The molecule has 1 atom stereocenters. The summed E-state index contributed by atoms with van der Waals surface area (Å²) in [6.07, 6.45) is -1.80. The summed E-state index contributed by atoms with van der Waals surface area (Å²) in [6, 6.07) is 6.27. The molecule has 0 radical (unpaired) electrons. The summed E-state index contributed by atoms with van der Waals surface area (Å²) in [5, 5.41) is 6.86. The van der Waals surface area contributed by atoms with E-state index in [4.69, 9.17) is 5.73 Å². The van der Waals surface area contributed by atoms with E-state index < -0.39 is 23.6 Å². The standard InChI is InChI=1S/C21H19F3N6O2/c1-11-7-14(4-5-15(11)21(22,23)24)29-10-12(2)30-18(20(29)32)16(9-27-30)28-19(31)13-3-6-17(25)26-8-13/h3-9,12H,10H2,1-2H3,(H2,25,26)(H,28,31)/t12-/m0/s1. The molecule has 1 aliphatic heterocycles. The molecule has 0 saturated heterocycles. The van der Waals surface area contributed by atoms with Crippen LogP contribution in [-0.2, 0) is 6.18 Å². The molecule has 2 amide bonds. The van der Waals surface area contributed by atoms with Crippen molar-refractivity contribution in [3.8, 4) is 0 Å². The number of benzene rings is 1. The number of amides is 2. The molecule has 1 aliphatic rings. The number of rotatable bonds is 3. The van der Waals surface area contributed by atoms with Crippen molar-refractivity contribution >= 4 is 29.0 Å². The van der Waals surface area contributed by atoms with Crippen molar-refractivity contribution in [1.29, 1.82) is 0 Å². The lowest BCUT2D eigenvalue weighted by atomic mass is 10.1. The summed E-state index contributed by atoms with van der Waals surface area (Å²) in [7, 11) is 0. The average molecular weight is 444 g/mol. The fraction of sp³-hybridized carbons (Fsp3) is 0.238. The number of hydrogen-bond donors (Lipinski definition) is 2. The first-order chi connectivity index (χ1) is 15.1. The van der Waals surface area contributed by atoms with Crippen LogP contribution in [-0.4, -0.2) is 33.1 Å². The van der Waals surface area contributed by atoms with E-state index in [1.165, 1.54) is 53.2 Å². The molecule has 2 aromatic heterocycles. The van der Waals surface area contributed by atoms with Gasteiger partial charge in [0.05, 0.1) is 29.1 Å². The molecule has 166 valence electrons. The summed E-state index contributed by atoms with van der Waals surface area (Å²) in [6.45, 7) is 3.39. The van der Waals surface area contributed by atoms with Gasteiger partial charge < -0.3 is 16.0 Å². The van der Waals surface area contributed by atoms with Crippen LogP contribution in [0.5, 0.6) is 0 Å². The fourth-order valence-corrected chi connectivity index (χ4v) is 3.64. The number of nitrogens with zero attached hydrogens (tertiary/aromatic N) is 4. The monoisotopic (exact) mass is 444 g/mol. The second kappa shape index (κ2) is 7.66. The molecule has 32 heavy (non-hydrogen) atoms. The van der Waals surface area contributed by atoms with Crippen LogP contribution in [0.25, 0.3) is 0 Å². The zero-order valence-corrected chi connectivity index (χ0v) is 17.1. The largest absolute Gasteiger partial charge is 0.416 e. The number of carbonyl (C=O) groups is 2. The van der Waals surface area contributed by atoms with Crippen molar-refractivity contribution in [1.82, 2.24) is 14.8 Å². The lowest BCUT2D eigenvalue weighted by molar-refractivity contribution is -0.138. The van der Waals surface area contributed by atoms with E-state index in [9.17, 15) is 22.8 Å². The Kier molecular flexibility index (Phi) is 5.11. The summed E-state index contributed by atoms with van der Waals surface area (Å²) in [5.41, 5.74) is 5.69. The summed E-state index contributed by atoms with van der Waals surface area (Å²) in [5.74, 6) is -0.724. The van der Waals surface area contributed by atoms with Crippen LogP contribution >= 0.6 is 0 Å². The van der Waals surface area contributed by atoms with E-state index in [1.807, 2.05) is 6.92 Å². The van der Waals surface area contributed by atoms with Crippen LogP contribution in [0.15, 0.2) is 42.7 Å². The van der Waals surface area contributed by atoms with Gasteiger partial charge in [0.1, 0.15) is 5.82 Å². The second-order valence-corrected chi connectivity index (χ2v) is 7.54. The van der Waals surface area contributed by atoms with Gasteiger partial charge >= 0.3 is 6.18 Å². The maximum absolute atomic E-state index is 13.3. The molecule has 3 aromatic rings. The first-order valence-electron chi connectivity index (χ1n) is 9.66. The van der Waals surface area contributed by atoms with Crippen LogP contribution in [0.3, 0.4) is 0 Å². The smallest absolute Gasteiger partial charge is 0.384 e. The first-order valence-corrected chi connectivity index (χ1v) is 9.66. The van der Waals surface area contributed by atoms with Gasteiger partial charge in [0.25, 0.3) is 11.8 Å². The van der Waals surface area contributed by atoms with E-state index in [1.54, 1.807) is 0 Å². The molecule has 0 unspecified atom stereocenters. The molecule has 0 aliphatic carbocycles. The zero-order valence-electron chi connectivity index (χ0n) is 17.1. The Labute approximate surface area is 180 Å². The maximum atomic E-state index is 13.3. The number of aryl methyl sites for hydroxylation is 1. The third-order valence-corrected chi connectivity index (χ3v) is 5.23. The third kappa shape index (κ3) is 3.77. The number of hydrogen-bond acceptors (Lipinski definition) is 5. The van der Waals surface area contributed by atoms with Crippen LogP contribution < -0.4 is 16.0 Å². The van der Waals surface area contributed by atoms with E-state index in [0.29, 0.717) is 5.69 Å². The number of fused-ring (bicyclic) bond motifs is 1. The first kappa shape index (κ1) is 21.3. The quantitative estimate of drug-likeness (QED) is 0.641. The number of nitrogens with one attached hydrogen (secondary N) is 1. The molecule has 3 N–H and O–H groups in total. The summed E-state index contributed by atoms with van der Waals surface area (Å²) >= 11 is 0.